The van der Waals surface area contributed by atoms with Crippen LogP contribution < -0.4 is 0 Å². The smallest absolute Gasteiger partial charge is 0.193 e. The van der Waals surface area contributed by atoms with Gasteiger partial charge < -0.3 is 4.74 Å². The summed E-state index contributed by atoms with van der Waals surface area (Å²) < 4.78 is 5.48. The molecule has 0 saturated carbocycles. The fraction of sp³-hybridized carbons (Fsp3) is 0.900. The van der Waals surface area contributed by atoms with E-state index in [9.17, 15) is 0 Å². The molecule has 0 N–H and O–H groups in total. The third-order valence-corrected chi connectivity index (χ3v) is 2.73. The highest BCUT2D eigenvalue weighted by Crippen LogP contribution is 2.30. The predicted octanol–water partition coefficient (Wildman–Crippen LogP) is 2.23. The van der Waals surface area contributed by atoms with Crippen LogP contribution in [0, 0.1) is 0 Å². The van der Waals surface area contributed by atoms with Gasteiger partial charge in [0, 0.05) is 13.7 Å². The van der Waals surface area contributed by atoms with E-state index in [0.29, 0.717) is 0 Å². The van der Waals surface area contributed by atoms with Gasteiger partial charge in [-0.2, -0.15) is 5.10 Å². The molecule has 0 bridgehead atoms. The zero-order valence-electron chi connectivity index (χ0n) is 9.13. The third-order valence-electron chi connectivity index (χ3n) is 2.73. The molecule has 0 amide bonds. The van der Waals surface area contributed by atoms with Gasteiger partial charge in [0.1, 0.15) is 0 Å². The predicted molar refractivity (Wildman–Crippen MR) is 54.8 cm³/mol. The molecule has 0 radical (unpaired) electrons. The molecule has 0 fully saturated rings. The van der Waals surface area contributed by atoms with Crippen molar-refractivity contribution in [3.05, 3.63) is 0 Å². The Kier molecular flexibility index (Phi) is 3.31. The van der Waals surface area contributed by atoms with E-state index in [2.05, 4.69) is 25.9 Å². The van der Waals surface area contributed by atoms with E-state index in [0.717, 1.165) is 13.0 Å². The van der Waals surface area contributed by atoms with Crippen molar-refractivity contribution in [3.63, 3.8) is 0 Å². The fourth-order valence-electron chi connectivity index (χ4n) is 1.66. The van der Waals surface area contributed by atoms with Gasteiger partial charge in [-0.05, 0) is 26.7 Å². The molecule has 76 valence electrons. The van der Waals surface area contributed by atoms with Crippen LogP contribution in [0.3, 0.4) is 0 Å². The normalized spacial score (nSPS) is 27.1. The summed E-state index contributed by atoms with van der Waals surface area (Å²) in [5.41, 5.74) is 0.975. The molecule has 0 aromatic carbocycles. The fourth-order valence-corrected chi connectivity index (χ4v) is 1.66. The highest BCUT2D eigenvalue weighted by molar-refractivity contribution is 5.95. The summed E-state index contributed by atoms with van der Waals surface area (Å²) in [5.74, 6) is 0. The molecule has 3 nitrogen and oxygen atoms in total. The topological polar surface area (TPSA) is 24.8 Å². The number of nitrogens with zero attached hydrogens (tertiary/aromatic N) is 2. The molecule has 1 atom stereocenters. The van der Waals surface area contributed by atoms with E-state index in [-0.39, 0.29) is 5.72 Å². The van der Waals surface area contributed by atoms with Crippen molar-refractivity contribution in [3.8, 4) is 0 Å². The second-order valence-electron chi connectivity index (χ2n) is 3.55. The molecule has 0 spiro atoms. The van der Waals surface area contributed by atoms with Crippen LogP contribution in [-0.4, -0.2) is 30.1 Å². The Hall–Kier alpha value is -0.570. The molecule has 1 unspecified atom stereocenters. The molecular formula is C10H20N2O. The van der Waals surface area contributed by atoms with Crippen LogP contribution in [0.25, 0.3) is 0 Å². The Morgan fingerprint density at radius 3 is 2.62 bits per heavy atom. The number of hydrazone groups is 1. The minimum Gasteiger partial charge on any atom is -0.352 e. The maximum atomic E-state index is 5.48. The summed E-state index contributed by atoms with van der Waals surface area (Å²) in [6, 6.07) is 0. The van der Waals surface area contributed by atoms with Crippen molar-refractivity contribution in [2.75, 3.05) is 13.7 Å². The van der Waals surface area contributed by atoms with Crippen molar-refractivity contribution < 1.29 is 4.74 Å². The van der Waals surface area contributed by atoms with Gasteiger partial charge in [-0.3, -0.25) is 5.01 Å². The molecule has 1 aliphatic heterocycles. The zero-order chi connectivity index (χ0) is 9.90. The second kappa shape index (κ2) is 4.09. The molecule has 3 heteroatoms. The lowest BCUT2D eigenvalue weighted by molar-refractivity contribution is -0.0952. The Morgan fingerprint density at radius 1 is 1.46 bits per heavy atom. The summed E-state index contributed by atoms with van der Waals surface area (Å²) >= 11 is 0. The Labute approximate surface area is 80.8 Å². The van der Waals surface area contributed by atoms with Crippen LogP contribution in [0.1, 0.15) is 40.0 Å². The highest BCUT2D eigenvalue weighted by atomic mass is 16.5. The molecule has 13 heavy (non-hydrogen) atoms. The molecule has 1 rings (SSSR count). The average molecular weight is 184 g/mol. The van der Waals surface area contributed by atoms with Gasteiger partial charge in [0.05, 0.1) is 5.71 Å². The van der Waals surface area contributed by atoms with Crippen molar-refractivity contribution in [2.45, 2.75) is 45.8 Å². The van der Waals surface area contributed by atoms with E-state index in [1.807, 2.05) is 5.01 Å². The molecule has 1 heterocycles. The summed E-state index contributed by atoms with van der Waals surface area (Å²) in [6.07, 6.45) is 3.48. The van der Waals surface area contributed by atoms with Gasteiger partial charge in [-0.15, -0.1) is 0 Å². The average Bonchev–Trinajstić information content (AvgIpc) is 2.15. The minimum atomic E-state index is -0.218. The summed E-state index contributed by atoms with van der Waals surface area (Å²) in [5, 5.41) is 6.42. The first-order valence-electron chi connectivity index (χ1n) is 5.09. The largest absolute Gasteiger partial charge is 0.352 e. The van der Waals surface area contributed by atoms with Gasteiger partial charge in [0.15, 0.2) is 5.72 Å². The molecular weight excluding hydrogens is 164 g/mol. The van der Waals surface area contributed by atoms with Crippen molar-refractivity contribution in [1.82, 2.24) is 5.01 Å². The van der Waals surface area contributed by atoms with E-state index >= 15 is 0 Å². The number of hydrogen-bond donors (Lipinski definition) is 0. The first kappa shape index (κ1) is 10.5. The first-order valence-corrected chi connectivity index (χ1v) is 5.09. The van der Waals surface area contributed by atoms with Gasteiger partial charge >= 0.3 is 0 Å². The summed E-state index contributed by atoms with van der Waals surface area (Å²) in [6.45, 7) is 7.30. The van der Waals surface area contributed by atoms with Crippen molar-refractivity contribution >= 4 is 5.71 Å². The van der Waals surface area contributed by atoms with Crippen LogP contribution in [-0.2, 0) is 4.74 Å². The quantitative estimate of drug-likeness (QED) is 0.654. The lowest BCUT2D eigenvalue weighted by atomic mass is 10.00. The van der Waals surface area contributed by atoms with Gasteiger partial charge in [-0.25, -0.2) is 0 Å². The molecule has 0 aliphatic carbocycles. The van der Waals surface area contributed by atoms with E-state index < -0.39 is 0 Å². The number of methoxy groups -OCH3 is 1. The number of hydrogen-bond acceptors (Lipinski definition) is 3. The lowest BCUT2D eigenvalue weighted by Crippen LogP contribution is -2.59. The van der Waals surface area contributed by atoms with E-state index in [1.54, 1.807) is 7.11 Å². The van der Waals surface area contributed by atoms with E-state index in [1.165, 1.54) is 18.6 Å². The number of ether oxygens (including phenoxy) is 1. The third kappa shape index (κ3) is 1.70. The van der Waals surface area contributed by atoms with Gasteiger partial charge in [-0.1, -0.05) is 13.3 Å². The zero-order valence-corrected chi connectivity index (χ0v) is 9.13. The van der Waals surface area contributed by atoms with Crippen molar-refractivity contribution in [1.29, 1.82) is 0 Å². The molecule has 0 aromatic heterocycles. The van der Waals surface area contributed by atoms with Crippen LogP contribution in [0.5, 0.6) is 0 Å². The molecule has 0 aromatic rings. The van der Waals surface area contributed by atoms with Gasteiger partial charge in [0.2, 0.25) is 0 Å². The number of unbranched alkanes of at least 4 members (excludes halogenated alkanes) is 1. The van der Waals surface area contributed by atoms with Crippen LogP contribution >= 0.6 is 0 Å². The van der Waals surface area contributed by atoms with Gasteiger partial charge in [0.25, 0.3) is 0 Å². The SMILES string of the molecule is CCCCC1=NN(CC)C1(C)OC. The monoisotopic (exact) mass is 184 g/mol. The first-order chi connectivity index (χ1) is 6.19. The Balaban J connectivity index is 2.56. The standard InChI is InChI=1S/C10H20N2O/c1-5-7-8-9-10(3,13-4)12(6-2)11-9/h5-8H2,1-4H3. The van der Waals surface area contributed by atoms with Crippen LogP contribution in [0.2, 0.25) is 0 Å². The second-order valence-corrected chi connectivity index (χ2v) is 3.55. The van der Waals surface area contributed by atoms with E-state index in [4.69, 9.17) is 4.74 Å². The maximum Gasteiger partial charge on any atom is 0.193 e. The minimum absolute atomic E-state index is 0.218. The Morgan fingerprint density at radius 2 is 2.15 bits per heavy atom. The Bertz CT molecular complexity index is 203. The lowest BCUT2D eigenvalue weighted by Gasteiger charge is -2.46. The highest BCUT2D eigenvalue weighted by Gasteiger charge is 2.43. The maximum absolute atomic E-state index is 5.48. The van der Waals surface area contributed by atoms with Crippen LogP contribution in [0.4, 0.5) is 0 Å². The summed E-state index contributed by atoms with van der Waals surface area (Å²) in [4.78, 5) is 0. The summed E-state index contributed by atoms with van der Waals surface area (Å²) in [7, 11) is 1.75. The number of rotatable bonds is 5. The molecule has 0 saturated heterocycles. The molecule has 1 aliphatic rings. The van der Waals surface area contributed by atoms with Crippen LogP contribution in [0.15, 0.2) is 5.10 Å². The van der Waals surface area contributed by atoms with Crippen molar-refractivity contribution in [2.24, 2.45) is 5.10 Å².